The van der Waals surface area contributed by atoms with E-state index >= 15 is 0 Å². The molecule has 0 aliphatic rings. The lowest BCUT2D eigenvalue weighted by Crippen LogP contribution is -1.75. The summed E-state index contributed by atoms with van der Waals surface area (Å²) in [6, 6.07) is 17.4. The lowest BCUT2D eigenvalue weighted by Gasteiger charge is -1.95. The van der Waals surface area contributed by atoms with Crippen LogP contribution in [0.4, 0.5) is 0 Å². The first-order valence-corrected chi connectivity index (χ1v) is 6.88. The van der Waals surface area contributed by atoms with Gasteiger partial charge in [0, 0.05) is 26.7 Å². The molecular formula is C15H9BrClNO. The Hall–Kier alpha value is -1.58. The van der Waals surface area contributed by atoms with E-state index in [4.69, 9.17) is 16.1 Å². The van der Waals surface area contributed by atoms with Gasteiger partial charge in [-0.1, -0.05) is 57.0 Å². The van der Waals surface area contributed by atoms with Gasteiger partial charge >= 0.3 is 0 Å². The monoisotopic (exact) mass is 333 g/mol. The zero-order valence-corrected chi connectivity index (χ0v) is 12.1. The standard InChI is InChI=1S/C15H9BrClNO/c16-12-5-1-11(2-6-12)15-9-14(18-19-15)10-3-7-13(17)8-4-10/h1-9H. The number of halogens is 2. The van der Waals surface area contributed by atoms with Crippen molar-refractivity contribution in [1.82, 2.24) is 5.16 Å². The molecule has 2 aromatic carbocycles. The molecule has 0 N–H and O–H groups in total. The van der Waals surface area contributed by atoms with Gasteiger partial charge in [0.05, 0.1) is 0 Å². The van der Waals surface area contributed by atoms with Gasteiger partial charge in [0.15, 0.2) is 5.76 Å². The third-order valence-corrected chi connectivity index (χ3v) is 3.56. The summed E-state index contributed by atoms with van der Waals surface area (Å²) in [4.78, 5) is 0. The molecule has 0 fully saturated rings. The van der Waals surface area contributed by atoms with Crippen LogP contribution < -0.4 is 0 Å². The maximum Gasteiger partial charge on any atom is 0.167 e. The zero-order valence-electron chi connectivity index (χ0n) is 9.81. The summed E-state index contributed by atoms with van der Waals surface area (Å²) < 4.78 is 6.41. The molecule has 0 aliphatic heterocycles. The van der Waals surface area contributed by atoms with Gasteiger partial charge in [0.25, 0.3) is 0 Å². The van der Waals surface area contributed by atoms with Gasteiger partial charge in [-0.2, -0.15) is 0 Å². The molecule has 1 aromatic heterocycles. The number of rotatable bonds is 2. The molecule has 2 nitrogen and oxygen atoms in total. The second-order valence-electron chi connectivity index (χ2n) is 4.09. The van der Waals surface area contributed by atoms with Crippen LogP contribution in [0, 0.1) is 0 Å². The molecule has 0 saturated heterocycles. The Balaban J connectivity index is 1.95. The summed E-state index contributed by atoms with van der Waals surface area (Å²) in [6.45, 7) is 0. The maximum absolute atomic E-state index is 5.87. The normalized spacial score (nSPS) is 10.6. The minimum atomic E-state index is 0.709. The molecular weight excluding hydrogens is 326 g/mol. The smallest absolute Gasteiger partial charge is 0.167 e. The second kappa shape index (κ2) is 5.19. The van der Waals surface area contributed by atoms with Crippen LogP contribution in [-0.2, 0) is 0 Å². The van der Waals surface area contributed by atoms with Crippen molar-refractivity contribution in [3.05, 3.63) is 64.1 Å². The van der Waals surface area contributed by atoms with Crippen LogP contribution >= 0.6 is 27.5 Å². The highest BCUT2D eigenvalue weighted by Crippen LogP contribution is 2.27. The van der Waals surface area contributed by atoms with Crippen LogP contribution in [0.3, 0.4) is 0 Å². The van der Waals surface area contributed by atoms with Gasteiger partial charge < -0.3 is 4.52 Å². The molecule has 0 bridgehead atoms. The predicted molar refractivity (Wildman–Crippen MR) is 80.1 cm³/mol. The van der Waals surface area contributed by atoms with Gasteiger partial charge in [0.1, 0.15) is 5.69 Å². The minimum absolute atomic E-state index is 0.709. The van der Waals surface area contributed by atoms with E-state index in [9.17, 15) is 0 Å². The number of benzene rings is 2. The number of hydrogen-bond acceptors (Lipinski definition) is 2. The number of hydrogen-bond donors (Lipinski definition) is 0. The summed E-state index contributed by atoms with van der Waals surface area (Å²) in [5.41, 5.74) is 2.78. The predicted octanol–water partition coefficient (Wildman–Crippen LogP) is 5.42. The first-order chi connectivity index (χ1) is 9.22. The Labute approximate surface area is 124 Å². The van der Waals surface area contributed by atoms with E-state index < -0.39 is 0 Å². The summed E-state index contributed by atoms with van der Waals surface area (Å²) >= 11 is 9.27. The minimum Gasteiger partial charge on any atom is -0.356 e. The SMILES string of the molecule is Clc1ccc(-c2cc(-c3ccc(Br)cc3)on2)cc1. The van der Waals surface area contributed by atoms with Crippen LogP contribution in [0.5, 0.6) is 0 Å². The van der Waals surface area contributed by atoms with Gasteiger partial charge in [-0.05, 0) is 24.3 Å². The van der Waals surface area contributed by atoms with Gasteiger partial charge in [-0.25, -0.2) is 0 Å². The lowest BCUT2D eigenvalue weighted by atomic mass is 10.1. The maximum atomic E-state index is 5.87. The van der Waals surface area contributed by atoms with Crippen molar-refractivity contribution in [2.45, 2.75) is 0 Å². The first-order valence-electron chi connectivity index (χ1n) is 5.71. The lowest BCUT2D eigenvalue weighted by molar-refractivity contribution is 0.435. The van der Waals surface area contributed by atoms with Crippen molar-refractivity contribution in [1.29, 1.82) is 0 Å². The van der Waals surface area contributed by atoms with Crippen molar-refractivity contribution in [2.24, 2.45) is 0 Å². The third kappa shape index (κ3) is 2.72. The second-order valence-corrected chi connectivity index (χ2v) is 5.44. The van der Waals surface area contributed by atoms with Crippen LogP contribution in [0.25, 0.3) is 22.6 Å². The topological polar surface area (TPSA) is 26.0 Å². The van der Waals surface area contributed by atoms with E-state index in [0.29, 0.717) is 5.02 Å². The first kappa shape index (κ1) is 12.5. The molecule has 0 saturated carbocycles. The van der Waals surface area contributed by atoms with E-state index in [-0.39, 0.29) is 0 Å². The van der Waals surface area contributed by atoms with E-state index in [1.54, 1.807) is 0 Å². The Bertz CT molecular complexity index is 629. The molecule has 0 aliphatic carbocycles. The average molecular weight is 335 g/mol. The van der Waals surface area contributed by atoms with Gasteiger partial charge in [-0.3, -0.25) is 0 Å². The quantitative estimate of drug-likeness (QED) is 0.625. The van der Waals surface area contributed by atoms with Crippen molar-refractivity contribution < 1.29 is 4.52 Å². The molecule has 19 heavy (non-hydrogen) atoms. The molecule has 0 atom stereocenters. The summed E-state index contributed by atoms with van der Waals surface area (Å²) in [5, 5.41) is 4.79. The summed E-state index contributed by atoms with van der Waals surface area (Å²) in [6.07, 6.45) is 0. The summed E-state index contributed by atoms with van der Waals surface area (Å²) in [7, 11) is 0. The summed E-state index contributed by atoms with van der Waals surface area (Å²) in [5.74, 6) is 0.748. The molecule has 0 spiro atoms. The third-order valence-electron chi connectivity index (χ3n) is 2.78. The fourth-order valence-corrected chi connectivity index (χ4v) is 2.17. The van der Waals surface area contributed by atoms with Crippen molar-refractivity contribution in [2.75, 3.05) is 0 Å². The molecule has 3 rings (SSSR count). The number of nitrogens with zero attached hydrogens (tertiary/aromatic N) is 1. The molecule has 0 radical (unpaired) electrons. The highest BCUT2D eigenvalue weighted by Gasteiger charge is 2.08. The van der Waals surface area contributed by atoms with Crippen LogP contribution in [-0.4, -0.2) is 5.16 Å². The number of aromatic nitrogens is 1. The van der Waals surface area contributed by atoms with Gasteiger partial charge in [-0.15, -0.1) is 0 Å². The highest BCUT2D eigenvalue weighted by atomic mass is 79.9. The van der Waals surface area contributed by atoms with Crippen LogP contribution in [0.1, 0.15) is 0 Å². The van der Waals surface area contributed by atoms with Crippen molar-refractivity contribution in [3.8, 4) is 22.6 Å². The van der Waals surface area contributed by atoms with E-state index in [1.807, 2.05) is 54.6 Å². The fraction of sp³-hybridized carbons (Fsp3) is 0. The molecule has 1 heterocycles. The van der Waals surface area contributed by atoms with Gasteiger partial charge in [0.2, 0.25) is 0 Å². The molecule has 3 aromatic rings. The Kier molecular flexibility index (Phi) is 3.40. The Morgan fingerprint density at radius 1 is 0.895 bits per heavy atom. The van der Waals surface area contributed by atoms with Crippen molar-refractivity contribution >= 4 is 27.5 Å². The zero-order chi connectivity index (χ0) is 13.2. The average Bonchev–Trinajstić information content (AvgIpc) is 2.90. The molecule has 94 valence electrons. The highest BCUT2D eigenvalue weighted by molar-refractivity contribution is 9.10. The fourth-order valence-electron chi connectivity index (χ4n) is 1.78. The molecule has 0 amide bonds. The van der Waals surface area contributed by atoms with Crippen LogP contribution in [0.15, 0.2) is 63.6 Å². The Morgan fingerprint density at radius 2 is 1.53 bits per heavy atom. The van der Waals surface area contributed by atoms with Crippen molar-refractivity contribution in [3.63, 3.8) is 0 Å². The van der Waals surface area contributed by atoms with E-state index in [2.05, 4.69) is 21.1 Å². The Morgan fingerprint density at radius 3 is 2.21 bits per heavy atom. The van der Waals surface area contributed by atoms with Crippen LogP contribution in [0.2, 0.25) is 5.02 Å². The molecule has 0 unspecified atom stereocenters. The largest absolute Gasteiger partial charge is 0.356 e. The van der Waals surface area contributed by atoms with E-state index in [1.165, 1.54) is 0 Å². The van der Waals surface area contributed by atoms with E-state index in [0.717, 1.165) is 27.1 Å². The molecule has 4 heteroatoms.